The van der Waals surface area contributed by atoms with E-state index in [4.69, 9.17) is 0 Å². The summed E-state index contributed by atoms with van der Waals surface area (Å²) in [7, 11) is 0. The maximum absolute atomic E-state index is 13.0. The molecule has 0 bridgehead atoms. The molecule has 1 aromatic heterocycles. The molecule has 3 heterocycles. The third-order valence-electron chi connectivity index (χ3n) is 6.95. The molecule has 3 fully saturated rings. The van der Waals surface area contributed by atoms with Crippen LogP contribution in [0.5, 0.6) is 0 Å². The summed E-state index contributed by atoms with van der Waals surface area (Å²) in [5.74, 6) is 2.29. The molecule has 29 heavy (non-hydrogen) atoms. The van der Waals surface area contributed by atoms with E-state index in [-0.39, 0.29) is 17.7 Å². The summed E-state index contributed by atoms with van der Waals surface area (Å²) in [6.07, 6.45) is 9.18. The minimum Gasteiger partial charge on any atom is -0.342 e. The highest BCUT2D eigenvalue weighted by atomic mass is 16.2. The summed E-state index contributed by atoms with van der Waals surface area (Å²) in [5, 5.41) is 0. The molecule has 2 amide bonds. The Balaban J connectivity index is 1.23. The SMILES string of the molecule is CC1CCN(C(=O)C2CCC(C(=O)N3CCN(c4ncccn4)CC3)CC2)CC1. The van der Waals surface area contributed by atoms with Crippen molar-refractivity contribution in [1.82, 2.24) is 19.8 Å². The first-order valence-electron chi connectivity index (χ1n) is 11.2. The van der Waals surface area contributed by atoms with Crippen LogP contribution in [-0.4, -0.2) is 70.9 Å². The average molecular weight is 400 g/mol. The second-order valence-corrected chi connectivity index (χ2v) is 8.92. The van der Waals surface area contributed by atoms with Crippen LogP contribution in [0.15, 0.2) is 18.5 Å². The largest absolute Gasteiger partial charge is 0.342 e. The normalized spacial score (nSPS) is 26.4. The van der Waals surface area contributed by atoms with Gasteiger partial charge in [-0.15, -0.1) is 0 Å². The summed E-state index contributed by atoms with van der Waals surface area (Å²) in [6, 6.07) is 1.82. The van der Waals surface area contributed by atoms with E-state index in [0.717, 1.165) is 89.7 Å². The van der Waals surface area contributed by atoms with Crippen molar-refractivity contribution in [3.63, 3.8) is 0 Å². The molecule has 0 N–H and O–H groups in total. The standard InChI is InChI=1S/C22H33N5O2/c1-17-7-11-25(12-8-17)20(28)18-3-5-19(6-4-18)21(29)26-13-15-27(16-14-26)22-23-9-2-10-24-22/h2,9-10,17-19H,3-8,11-16H2,1H3. The van der Waals surface area contributed by atoms with Crippen LogP contribution in [0.3, 0.4) is 0 Å². The Hall–Kier alpha value is -2.18. The number of anilines is 1. The van der Waals surface area contributed by atoms with Gasteiger partial charge in [-0.05, 0) is 50.5 Å². The van der Waals surface area contributed by atoms with Gasteiger partial charge in [0.15, 0.2) is 0 Å². The van der Waals surface area contributed by atoms with E-state index in [1.54, 1.807) is 12.4 Å². The third kappa shape index (κ3) is 4.70. The van der Waals surface area contributed by atoms with Crippen LogP contribution in [0.1, 0.15) is 45.4 Å². The molecule has 7 nitrogen and oxygen atoms in total. The van der Waals surface area contributed by atoms with Crippen molar-refractivity contribution in [3.8, 4) is 0 Å². The smallest absolute Gasteiger partial charge is 0.225 e. The molecule has 0 spiro atoms. The molecule has 0 atom stereocenters. The summed E-state index contributed by atoms with van der Waals surface area (Å²) in [5.41, 5.74) is 0. The molecule has 0 unspecified atom stereocenters. The number of rotatable bonds is 3. The van der Waals surface area contributed by atoms with Crippen LogP contribution >= 0.6 is 0 Å². The lowest BCUT2D eigenvalue weighted by molar-refractivity contribution is -0.142. The van der Waals surface area contributed by atoms with Gasteiger partial charge in [0, 0.05) is 63.5 Å². The third-order valence-corrected chi connectivity index (χ3v) is 6.95. The van der Waals surface area contributed by atoms with Crippen LogP contribution in [0.25, 0.3) is 0 Å². The van der Waals surface area contributed by atoms with Gasteiger partial charge in [-0.3, -0.25) is 9.59 Å². The topological polar surface area (TPSA) is 69.6 Å². The number of carbonyl (C=O) groups is 2. The molecule has 2 saturated heterocycles. The van der Waals surface area contributed by atoms with Gasteiger partial charge in [0.1, 0.15) is 0 Å². The Morgan fingerprint density at radius 2 is 1.24 bits per heavy atom. The minimum absolute atomic E-state index is 0.0833. The van der Waals surface area contributed by atoms with Crippen LogP contribution in [0.4, 0.5) is 5.95 Å². The maximum Gasteiger partial charge on any atom is 0.225 e. The first-order valence-corrected chi connectivity index (χ1v) is 11.2. The molecule has 4 rings (SSSR count). The van der Waals surface area contributed by atoms with Crippen molar-refractivity contribution in [1.29, 1.82) is 0 Å². The van der Waals surface area contributed by atoms with E-state index >= 15 is 0 Å². The fourth-order valence-electron chi connectivity index (χ4n) is 4.91. The summed E-state index contributed by atoms with van der Waals surface area (Å²) in [4.78, 5) is 40.6. The minimum atomic E-state index is 0.0833. The number of nitrogens with zero attached hydrogens (tertiary/aromatic N) is 5. The lowest BCUT2D eigenvalue weighted by atomic mass is 9.80. The number of aromatic nitrogens is 2. The molecule has 2 aliphatic heterocycles. The van der Waals surface area contributed by atoms with Crippen molar-refractivity contribution in [2.45, 2.75) is 45.4 Å². The second kappa shape index (κ2) is 9.09. The van der Waals surface area contributed by atoms with E-state index in [1.807, 2.05) is 11.0 Å². The predicted octanol–water partition coefficient (Wildman–Crippen LogP) is 2.19. The van der Waals surface area contributed by atoms with Gasteiger partial charge in [0.2, 0.25) is 17.8 Å². The van der Waals surface area contributed by atoms with Gasteiger partial charge in [0.05, 0.1) is 0 Å². The Bertz CT molecular complexity index is 688. The molecule has 1 aromatic rings. The van der Waals surface area contributed by atoms with Crippen molar-refractivity contribution in [2.24, 2.45) is 17.8 Å². The van der Waals surface area contributed by atoms with Gasteiger partial charge in [-0.1, -0.05) is 6.92 Å². The monoisotopic (exact) mass is 399 g/mol. The Morgan fingerprint density at radius 3 is 1.76 bits per heavy atom. The molecule has 1 aliphatic carbocycles. The van der Waals surface area contributed by atoms with E-state index in [1.165, 1.54) is 0 Å². The zero-order chi connectivity index (χ0) is 20.2. The molecular weight excluding hydrogens is 366 g/mol. The fourth-order valence-corrected chi connectivity index (χ4v) is 4.91. The lowest BCUT2D eigenvalue weighted by Crippen LogP contribution is -2.51. The van der Waals surface area contributed by atoms with Gasteiger partial charge < -0.3 is 14.7 Å². The summed E-state index contributed by atoms with van der Waals surface area (Å²) >= 11 is 0. The molecule has 7 heteroatoms. The first-order chi connectivity index (χ1) is 14.1. The fraction of sp³-hybridized carbons (Fsp3) is 0.727. The van der Waals surface area contributed by atoms with Crippen LogP contribution in [0, 0.1) is 17.8 Å². The van der Waals surface area contributed by atoms with E-state index in [2.05, 4.69) is 26.7 Å². The number of hydrogen-bond acceptors (Lipinski definition) is 5. The number of carbonyl (C=O) groups excluding carboxylic acids is 2. The van der Waals surface area contributed by atoms with Crippen LogP contribution < -0.4 is 4.90 Å². The summed E-state index contributed by atoms with van der Waals surface area (Å²) < 4.78 is 0. The molecule has 1 saturated carbocycles. The van der Waals surface area contributed by atoms with Gasteiger partial charge in [0.25, 0.3) is 0 Å². The number of hydrogen-bond donors (Lipinski definition) is 0. The highest BCUT2D eigenvalue weighted by Gasteiger charge is 2.35. The predicted molar refractivity (Wildman–Crippen MR) is 111 cm³/mol. The van der Waals surface area contributed by atoms with Crippen molar-refractivity contribution in [3.05, 3.63) is 18.5 Å². The van der Waals surface area contributed by atoms with Crippen LogP contribution in [0.2, 0.25) is 0 Å². The van der Waals surface area contributed by atoms with E-state index in [9.17, 15) is 9.59 Å². The zero-order valence-electron chi connectivity index (χ0n) is 17.5. The van der Waals surface area contributed by atoms with Crippen molar-refractivity contribution < 1.29 is 9.59 Å². The Labute approximate surface area is 173 Å². The van der Waals surface area contributed by atoms with Gasteiger partial charge in [-0.2, -0.15) is 0 Å². The number of piperazine rings is 1. The molecule has 3 aliphatic rings. The molecule has 0 radical (unpaired) electrons. The highest BCUT2D eigenvalue weighted by molar-refractivity contribution is 5.81. The average Bonchev–Trinajstić information content (AvgIpc) is 2.79. The Kier molecular flexibility index (Phi) is 6.31. The number of likely N-dealkylation sites (tertiary alicyclic amines) is 1. The lowest BCUT2D eigenvalue weighted by Gasteiger charge is -2.38. The van der Waals surface area contributed by atoms with Crippen molar-refractivity contribution >= 4 is 17.8 Å². The zero-order valence-corrected chi connectivity index (χ0v) is 17.5. The molecular formula is C22H33N5O2. The second-order valence-electron chi connectivity index (χ2n) is 8.92. The van der Waals surface area contributed by atoms with Crippen molar-refractivity contribution in [2.75, 3.05) is 44.2 Å². The van der Waals surface area contributed by atoms with Crippen LogP contribution in [-0.2, 0) is 9.59 Å². The van der Waals surface area contributed by atoms with Gasteiger partial charge in [-0.25, -0.2) is 9.97 Å². The summed E-state index contributed by atoms with van der Waals surface area (Å²) in [6.45, 7) is 7.09. The molecule has 0 aromatic carbocycles. The number of amides is 2. The van der Waals surface area contributed by atoms with E-state index < -0.39 is 0 Å². The highest BCUT2D eigenvalue weighted by Crippen LogP contribution is 2.32. The maximum atomic E-state index is 13.0. The first kappa shape index (κ1) is 20.1. The quantitative estimate of drug-likeness (QED) is 0.779. The van der Waals surface area contributed by atoms with E-state index in [0.29, 0.717) is 5.91 Å². The molecule has 158 valence electrons. The van der Waals surface area contributed by atoms with Gasteiger partial charge >= 0.3 is 0 Å². The Morgan fingerprint density at radius 1 is 0.759 bits per heavy atom. The number of piperidine rings is 1.